The van der Waals surface area contributed by atoms with Gasteiger partial charge in [0.15, 0.2) is 5.65 Å². The normalized spacial score (nSPS) is 10.8. The summed E-state index contributed by atoms with van der Waals surface area (Å²) in [5.74, 6) is 0. The van der Waals surface area contributed by atoms with Crippen LogP contribution >= 0.6 is 11.6 Å². The van der Waals surface area contributed by atoms with Crippen molar-refractivity contribution >= 4 is 17.2 Å². The fraction of sp³-hybridized carbons (Fsp3) is 0.143. The minimum absolute atomic E-state index is 0.0975. The van der Waals surface area contributed by atoms with Crippen molar-refractivity contribution in [3.8, 4) is 0 Å². The largest absolute Gasteiger partial charge is 0.390 e. The molecule has 0 amide bonds. The Morgan fingerprint density at radius 1 is 1.58 bits per heavy atom. The van der Waals surface area contributed by atoms with E-state index in [-0.39, 0.29) is 6.61 Å². The summed E-state index contributed by atoms with van der Waals surface area (Å²) in [4.78, 5) is 4.02. The molecule has 0 unspecified atom stereocenters. The van der Waals surface area contributed by atoms with Crippen molar-refractivity contribution in [1.29, 1.82) is 0 Å². The number of hydrogen-bond acceptors (Lipinski definition) is 3. The SMILES string of the molecule is OCc1cc2nccc(Cl)n2n1. The van der Waals surface area contributed by atoms with E-state index in [1.54, 1.807) is 18.3 Å². The Hall–Kier alpha value is -1.13. The van der Waals surface area contributed by atoms with Crippen LogP contribution in [0, 0.1) is 0 Å². The Kier molecular flexibility index (Phi) is 1.71. The zero-order valence-electron chi connectivity index (χ0n) is 6.11. The van der Waals surface area contributed by atoms with Crippen LogP contribution < -0.4 is 0 Å². The molecule has 0 saturated heterocycles. The molecule has 0 aliphatic carbocycles. The number of aromatic nitrogens is 3. The van der Waals surface area contributed by atoms with Gasteiger partial charge in [0.2, 0.25) is 0 Å². The lowest BCUT2D eigenvalue weighted by Gasteiger charge is -1.92. The van der Waals surface area contributed by atoms with Crippen molar-refractivity contribution in [1.82, 2.24) is 14.6 Å². The zero-order valence-corrected chi connectivity index (χ0v) is 6.86. The Morgan fingerprint density at radius 2 is 2.42 bits per heavy atom. The lowest BCUT2D eigenvalue weighted by Crippen LogP contribution is -1.91. The molecule has 2 aromatic heterocycles. The second-order valence-electron chi connectivity index (χ2n) is 2.33. The minimum Gasteiger partial charge on any atom is -0.390 e. The lowest BCUT2D eigenvalue weighted by atomic mass is 10.4. The molecule has 4 nitrogen and oxygen atoms in total. The van der Waals surface area contributed by atoms with E-state index in [9.17, 15) is 0 Å². The summed E-state index contributed by atoms with van der Waals surface area (Å²) >= 11 is 5.81. The van der Waals surface area contributed by atoms with Gasteiger partial charge in [0.1, 0.15) is 5.15 Å². The highest BCUT2D eigenvalue weighted by Crippen LogP contribution is 2.10. The number of aliphatic hydroxyl groups excluding tert-OH is 1. The van der Waals surface area contributed by atoms with E-state index < -0.39 is 0 Å². The van der Waals surface area contributed by atoms with Crippen molar-refractivity contribution in [2.24, 2.45) is 0 Å². The molecular weight excluding hydrogens is 178 g/mol. The maximum absolute atomic E-state index is 8.78. The van der Waals surface area contributed by atoms with Gasteiger partial charge in [-0.3, -0.25) is 0 Å². The van der Waals surface area contributed by atoms with Crippen LogP contribution in [0.5, 0.6) is 0 Å². The molecule has 5 heteroatoms. The fourth-order valence-corrected chi connectivity index (χ4v) is 1.17. The highest BCUT2D eigenvalue weighted by molar-refractivity contribution is 6.29. The third-order valence-corrected chi connectivity index (χ3v) is 1.81. The second kappa shape index (κ2) is 2.73. The van der Waals surface area contributed by atoms with Crippen molar-refractivity contribution in [2.45, 2.75) is 6.61 Å². The summed E-state index contributed by atoms with van der Waals surface area (Å²) in [6.07, 6.45) is 1.60. The first-order valence-electron chi connectivity index (χ1n) is 3.41. The first-order valence-corrected chi connectivity index (χ1v) is 3.79. The van der Waals surface area contributed by atoms with Gasteiger partial charge in [0.25, 0.3) is 0 Å². The van der Waals surface area contributed by atoms with E-state index in [1.165, 1.54) is 4.52 Å². The number of nitrogens with zero attached hydrogens (tertiary/aromatic N) is 3. The predicted octanol–water partition coefficient (Wildman–Crippen LogP) is 0.875. The molecule has 2 aromatic rings. The molecule has 0 atom stereocenters. The summed E-state index contributed by atoms with van der Waals surface area (Å²) < 4.78 is 1.48. The van der Waals surface area contributed by atoms with Crippen molar-refractivity contribution in [2.75, 3.05) is 0 Å². The van der Waals surface area contributed by atoms with Crippen LogP contribution in [0.15, 0.2) is 18.3 Å². The highest BCUT2D eigenvalue weighted by atomic mass is 35.5. The Morgan fingerprint density at radius 3 is 3.08 bits per heavy atom. The van der Waals surface area contributed by atoms with Crippen LogP contribution in [0.25, 0.3) is 5.65 Å². The van der Waals surface area contributed by atoms with Gasteiger partial charge >= 0.3 is 0 Å². The van der Waals surface area contributed by atoms with Gasteiger partial charge in [-0.25, -0.2) is 9.50 Å². The van der Waals surface area contributed by atoms with E-state index in [2.05, 4.69) is 10.1 Å². The molecular formula is C7H6ClN3O. The van der Waals surface area contributed by atoms with E-state index in [4.69, 9.17) is 16.7 Å². The molecule has 62 valence electrons. The monoisotopic (exact) mass is 183 g/mol. The molecule has 0 aliphatic heterocycles. The standard InChI is InChI=1S/C7H6ClN3O/c8-6-1-2-9-7-3-5(4-12)10-11(6)7/h1-3,12H,4H2. The second-order valence-corrected chi connectivity index (χ2v) is 2.72. The van der Waals surface area contributed by atoms with Gasteiger partial charge in [0, 0.05) is 12.3 Å². The molecule has 0 bridgehead atoms. The fourth-order valence-electron chi connectivity index (χ4n) is 0.991. The topological polar surface area (TPSA) is 50.4 Å². The van der Waals surface area contributed by atoms with Gasteiger partial charge in [0.05, 0.1) is 12.3 Å². The number of rotatable bonds is 1. The van der Waals surface area contributed by atoms with Crippen LogP contribution in [-0.2, 0) is 6.61 Å². The number of hydrogen-bond donors (Lipinski definition) is 1. The molecule has 0 fully saturated rings. The van der Waals surface area contributed by atoms with Crippen LogP contribution in [0.2, 0.25) is 5.15 Å². The van der Waals surface area contributed by atoms with Crippen LogP contribution in [0.1, 0.15) is 5.69 Å². The first-order chi connectivity index (χ1) is 5.81. The number of aliphatic hydroxyl groups is 1. The van der Waals surface area contributed by atoms with Crippen LogP contribution in [0.3, 0.4) is 0 Å². The molecule has 0 saturated carbocycles. The molecule has 12 heavy (non-hydrogen) atoms. The van der Waals surface area contributed by atoms with Crippen LogP contribution in [0.4, 0.5) is 0 Å². The van der Waals surface area contributed by atoms with Crippen molar-refractivity contribution in [3.63, 3.8) is 0 Å². The number of halogens is 1. The third kappa shape index (κ3) is 1.05. The summed E-state index contributed by atoms with van der Waals surface area (Å²) in [6.45, 7) is -0.0975. The highest BCUT2D eigenvalue weighted by Gasteiger charge is 2.02. The van der Waals surface area contributed by atoms with E-state index >= 15 is 0 Å². The molecule has 0 aromatic carbocycles. The summed E-state index contributed by atoms with van der Waals surface area (Å²) in [5.41, 5.74) is 1.21. The average molecular weight is 184 g/mol. The Balaban J connectivity index is 2.74. The Labute approximate surface area is 73.4 Å². The molecule has 0 aliphatic rings. The van der Waals surface area contributed by atoms with Gasteiger partial charge in [-0.15, -0.1) is 0 Å². The molecule has 0 radical (unpaired) electrons. The third-order valence-electron chi connectivity index (χ3n) is 1.52. The van der Waals surface area contributed by atoms with Gasteiger partial charge in [-0.2, -0.15) is 5.10 Å². The Bertz CT molecular complexity index is 412. The van der Waals surface area contributed by atoms with Crippen molar-refractivity contribution in [3.05, 3.63) is 29.2 Å². The van der Waals surface area contributed by atoms with E-state index in [1.807, 2.05) is 0 Å². The van der Waals surface area contributed by atoms with Gasteiger partial charge in [-0.1, -0.05) is 11.6 Å². The van der Waals surface area contributed by atoms with Gasteiger partial charge < -0.3 is 5.11 Å². The van der Waals surface area contributed by atoms with E-state index in [0.717, 1.165) is 0 Å². The minimum atomic E-state index is -0.0975. The molecule has 2 heterocycles. The quantitative estimate of drug-likeness (QED) is 0.668. The summed E-state index contributed by atoms with van der Waals surface area (Å²) in [6, 6.07) is 3.33. The predicted molar refractivity (Wildman–Crippen MR) is 43.9 cm³/mol. The maximum Gasteiger partial charge on any atom is 0.156 e. The molecule has 1 N–H and O–H groups in total. The maximum atomic E-state index is 8.78. The molecule has 0 spiro atoms. The summed E-state index contributed by atoms with van der Waals surface area (Å²) in [7, 11) is 0. The van der Waals surface area contributed by atoms with Crippen LogP contribution in [-0.4, -0.2) is 19.7 Å². The summed E-state index contributed by atoms with van der Waals surface area (Å²) in [5, 5.41) is 13.3. The smallest absolute Gasteiger partial charge is 0.156 e. The van der Waals surface area contributed by atoms with Gasteiger partial charge in [-0.05, 0) is 6.07 Å². The van der Waals surface area contributed by atoms with Crippen molar-refractivity contribution < 1.29 is 5.11 Å². The first kappa shape index (κ1) is 7.52. The zero-order chi connectivity index (χ0) is 8.55. The average Bonchev–Trinajstić information content (AvgIpc) is 2.49. The number of fused-ring (bicyclic) bond motifs is 1. The lowest BCUT2D eigenvalue weighted by molar-refractivity contribution is 0.276. The van der Waals surface area contributed by atoms with E-state index in [0.29, 0.717) is 16.5 Å². The molecule has 2 rings (SSSR count).